The normalized spacial score (nSPS) is 14.2. The van der Waals surface area contributed by atoms with Crippen LogP contribution in [0.2, 0.25) is 5.02 Å². The van der Waals surface area contributed by atoms with Crippen molar-refractivity contribution in [3.05, 3.63) is 79.4 Å². The Bertz CT molecular complexity index is 969. The van der Waals surface area contributed by atoms with Gasteiger partial charge in [0.15, 0.2) is 0 Å². The topological polar surface area (TPSA) is 110 Å². The highest BCUT2D eigenvalue weighted by atomic mass is 35.5. The molecule has 10 heteroatoms. The van der Waals surface area contributed by atoms with Crippen LogP contribution in [0.4, 0.5) is 17.1 Å². The van der Waals surface area contributed by atoms with Crippen LogP contribution in [-0.4, -0.2) is 46.8 Å². The van der Waals surface area contributed by atoms with Crippen LogP contribution >= 0.6 is 11.6 Å². The fraction of sp³-hybridized carbons (Fsp3) is 0.211. The minimum absolute atomic E-state index is 0.0372. The summed E-state index contributed by atoms with van der Waals surface area (Å²) in [4.78, 5) is 36.8. The molecule has 3 rings (SSSR count). The zero-order valence-electron chi connectivity index (χ0n) is 15.2. The number of amides is 1. The predicted octanol–water partition coefficient (Wildman–Crippen LogP) is 3.52. The Morgan fingerprint density at radius 1 is 0.966 bits per heavy atom. The maximum absolute atomic E-state index is 12.4. The van der Waals surface area contributed by atoms with Gasteiger partial charge in [-0.1, -0.05) is 17.7 Å². The summed E-state index contributed by atoms with van der Waals surface area (Å²) in [6, 6.07) is 10.7. The molecule has 1 aliphatic heterocycles. The van der Waals surface area contributed by atoms with Crippen molar-refractivity contribution in [3.8, 4) is 0 Å². The lowest BCUT2D eigenvalue weighted by Crippen LogP contribution is -2.48. The molecule has 9 nitrogen and oxygen atoms in total. The van der Waals surface area contributed by atoms with E-state index in [0.717, 1.165) is 5.69 Å². The van der Waals surface area contributed by atoms with Gasteiger partial charge >= 0.3 is 0 Å². The summed E-state index contributed by atoms with van der Waals surface area (Å²) in [5.74, 6) is -0.189. The van der Waals surface area contributed by atoms with Gasteiger partial charge in [-0.25, -0.2) is 0 Å². The van der Waals surface area contributed by atoms with Crippen molar-refractivity contribution < 1.29 is 14.6 Å². The van der Waals surface area contributed by atoms with E-state index in [1.165, 1.54) is 36.4 Å². The summed E-state index contributed by atoms with van der Waals surface area (Å²) in [5, 5.41) is 21.7. The second-order valence-corrected chi connectivity index (χ2v) is 6.79. The number of non-ortho nitro benzene ring substituents is 1. The monoisotopic (exact) mass is 416 g/mol. The number of anilines is 1. The molecule has 0 aromatic heterocycles. The van der Waals surface area contributed by atoms with Crippen molar-refractivity contribution in [3.63, 3.8) is 0 Å². The molecule has 2 aromatic rings. The van der Waals surface area contributed by atoms with Crippen LogP contribution in [0.1, 0.15) is 5.56 Å². The van der Waals surface area contributed by atoms with Crippen molar-refractivity contribution in [1.82, 2.24) is 4.90 Å². The first kappa shape index (κ1) is 20.3. The highest BCUT2D eigenvalue weighted by molar-refractivity contribution is 6.32. The Morgan fingerprint density at radius 2 is 1.62 bits per heavy atom. The van der Waals surface area contributed by atoms with E-state index in [1.807, 2.05) is 0 Å². The van der Waals surface area contributed by atoms with E-state index in [0.29, 0.717) is 31.7 Å². The van der Waals surface area contributed by atoms with Gasteiger partial charge in [0.05, 0.1) is 9.85 Å². The first-order chi connectivity index (χ1) is 13.8. The van der Waals surface area contributed by atoms with Crippen molar-refractivity contribution >= 4 is 40.6 Å². The number of piperazine rings is 1. The van der Waals surface area contributed by atoms with E-state index >= 15 is 0 Å². The van der Waals surface area contributed by atoms with Crippen LogP contribution < -0.4 is 4.90 Å². The van der Waals surface area contributed by atoms with Gasteiger partial charge in [0.25, 0.3) is 11.4 Å². The van der Waals surface area contributed by atoms with E-state index in [4.69, 9.17) is 11.6 Å². The molecule has 0 bridgehead atoms. The number of benzene rings is 2. The Kier molecular flexibility index (Phi) is 6.08. The Balaban J connectivity index is 1.58. The standard InChI is InChI=1S/C19H17ClN4O5/c20-17-7-1-14(13-18(17)24(28)29)2-8-19(25)22-11-9-21(10-12-22)15-3-5-16(6-4-15)23(26)27/h1-8,13H,9-12H2/b8-2+. The van der Waals surface area contributed by atoms with E-state index in [2.05, 4.69) is 4.90 Å². The van der Waals surface area contributed by atoms with E-state index in [1.54, 1.807) is 23.1 Å². The highest BCUT2D eigenvalue weighted by Gasteiger charge is 2.20. The van der Waals surface area contributed by atoms with Crippen LogP contribution in [0.5, 0.6) is 0 Å². The number of halogens is 1. The zero-order chi connectivity index (χ0) is 21.0. The van der Waals surface area contributed by atoms with Crippen LogP contribution in [0, 0.1) is 20.2 Å². The van der Waals surface area contributed by atoms with Gasteiger partial charge in [0.1, 0.15) is 5.02 Å². The number of nitrogens with zero attached hydrogens (tertiary/aromatic N) is 4. The molecule has 0 spiro atoms. The number of hydrogen-bond donors (Lipinski definition) is 0. The molecule has 0 unspecified atom stereocenters. The molecule has 0 N–H and O–H groups in total. The molecule has 0 saturated carbocycles. The minimum Gasteiger partial charge on any atom is -0.368 e. The molecule has 1 fully saturated rings. The predicted molar refractivity (Wildman–Crippen MR) is 109 cm³/mol. The maximum Gasteiger partial charge on any atom is 0.288 e. The fourth-order valence-electron chi connectivity index (χ4n) is 3.02. The third kappa shape index (κ3) is 4.88. The molecule has 29 heavy (non-hydrogen) atoms. The fourth-order valence-corrected chi connectivity index (χ4v) is 3.20. The van der Waals surface area contributed by atoms with Gasteiger partial charge in [-0.3, -0.25) is 25.0 Å². The molecule has 150 valence electrons. The van der Waals surface area contributed by atoms with Crippen LogP contribution in [-0.2, 0) is 4.79 Å². The van der Waals surface area contributed by atoms with Crippen LogP contribution in [0.15, 0.2) is 48.5 Å². The molecule has 1 aliphatic rings. The van der Waals surface area contributed by atoms with Gasteiger partial charge in [0.2, 0.25) is 5.91 Å². The third-order valence-electron chi connectivity index (χ3n) is 4.60. The molecule has 1 saturated heterocycles. The van der Waals surface area contributed by atoms with E-state index < -0.39 is 9.85 Å². The van der Waals surface area contributed by atoms with E-state index in [9.17, 15) is 25.0 Å². The summed E-state index contributed by atoms with van der Waals surface area (Å²) < 4.78 is 0. The number of carbonyl (C=O) groups excluding carboxylic acids is 1. The van der Waals surface area contributed by atoms with Gasteiger partial charge in [0, 0.05) is 56.1 Å². The molecular weight excluding hydrogens is 400 g/mol. The van der Waals surface area contributed by atoms with Gasteiger partial charge in [-0.2, -0.15) is 0 Å². The Hall–Kier alpha value is -3.46. The molecule has 0 radical (unpaired) electrons. The van der Waals surface area contributed by atoms with Crippen molar-refractivity contribution in [2.75, 3.05) is 31.1 Å². The third-order valence-corrected chi connectivity index (χ3v) is 4.92. The highest BCUT2D eigenvalue weighted by Crippen LogP contribution is 2.25. The number of carbonyl (C=O) groups is 1. The van der Waals surface area contributed by atoms with Gasteiger partial charge in [-0.05, 0) is 29.8 Å². The maximum atomic E-state index is 12.4. The second-order valence-electron chi connectivity index (χ2n) is 6.39. The average Bonchev–Trinajstić information content (AvgIpc) is 2.73. The first-order valence-corrected chi connectivity index (χ1v) is 9.13. The Labute approximate surface area is 171 Å². The van der Waals surface area contributed by atoms with Crippen molar-refractivity contribution in [2.45, 2.75) is 0 Å². The molecule has 0 aliphatic carbocycles. The lowest BCUT2D eigenvalue weighted by atomic mass is 10.2. The lowest BCUT2D eigenvalue weighted by molar-refractivity contribution is -0.385. The molecule has 1 amide bonds. The zero-order valence-corrected chi connectivity index (χ0v) is 16.0. The quantitative estimate of drug-likeness (QED) is 0.419. The van der Waals surface area contributed by atoms with Crippen molar-refractivity contribution in [1.29, 1.82) is 0 Å². The largest absolute Gasteiger partial charge is 0.368 e. The molecular formula is C19H17ClN4O5. The number of nitro groups is 2. The summed E-state index contributed by atoms with van der Waals surface area (Å²) in [6.45, 7) is 2.20. The summed E-state index contributed by atoms with van der Waals surface area (Å²) in [5.41, 5.74) is 1.21. The van der Waals surface area contributed by atoms with Crippen molar-refractivity contribution in [2.24, 2.45) is 0 Å². The van der Waals surface area contributed by atoms with E-state index in [-0.39, 0.29) is 22.3 Å². The molecule has 2 aromatic carbocycles. The number of hydrogen-bond acceptors (Lipinski definition) is 6. The average molecular weight is 417 g/mol. The van der Waals surface area contributed by atoms with Crippen LogP contribution in [0.25, 0.3) is 6.08 Å². The first-order valence-electron chi connectivity index (χ1n) is 8.75. The van der Waals surface area contributed by atoms with Gasteiger partial charge < -0.3 is 9.80 Å². The smallest absolute Gasteiger partial charge is 0.288 e. The second kappa shape index (κ2) is 8.70. The van der Waals surface area contributed by atoms with Crippen LogP contribution in [0.3, 0.4) is 0 Å². The minimum atomic E-state index is -0.571. The summed E-state index contributed by atoms with van der Waals surface area (Å²) in [6.07, 6.45) is 2.91. The molecule has 0 atom stereocenters. The molecule has 1 heterocycles. The SMILES string of the molecule is O=C(/C=C/c1ccc(Cl)c([N+](=O)[O-])c1)N1CCN(c2ccc([N+](=O)[O-])cc2)CC1. The number of rotatable bonds is 5. The summed E-state index contributed by atoms with van der Waals surface area (Å²) >= 11 is 5.79. The summed E-state index contributed by atoms with van der Waals surface area (Å²) in [7, 11) is 0. The van der Waals surface area contributed by atoms with Gasteiger partial charge in [-0.15, -0.1) is 0 Å². The lowest BCUT2D eigenvalue weighted by Gasteiger charge is -2.35. The Morgan fingerprint density at radius 3 is 2.21 bits per heavy atom. The number of nitro benzene ring substituents is 2.